The van der Waals surface area contributed by atoms with Gasteiger partial charge < -0.3 is 10.7 Å². The average molecular weight is 277 g/mol. The summed E-state index contributed by atoms with van der Waals surface area (Å²) >= 11 is 0. The van der Waals surface area contributed by atoms with Crippen molar-refractivity contribution in [3.05, 3.63) is 11.9 Å². The van der Waals surface area contributed by atoms with Gasteiger partial charge in [0.1, 0.15) is 17.5 Å². The first-order valence-electron chi connectivity index (χ1n) is 7.53. The first kappa shape index (κ1) is 15.0. The summed E-state index contributed by atoms with van der Waals surface area (Å²) in [4.78, 5) is 9.09. The van der Waals surface area contributed by atoms with Gasteiger partial charge in [0.15, 0.2) is 0 Å². The van der Waals surface area contributed by atoms with Crippen LogP contribution in [-0.2, 0) is 5.41 Å². The highest BCUT2D eigenvalue weighted by atomic mass is 15.3. The SMILES string of the molecule is CC(Nc1cc(NN)nc(C(C)(C)C)n1)C1CCCC1. The summed E-state index contributed by atoms with van der Waals surface area (Å²) in [5, 5.41) is 3.52. The number of nitrogens with one attached hydrogen (secondary N) is 2. The van der Waals surface area contributed by atoms with Gasteiger partial charge in [0.25, 0.3) is 0 Å². The molecule has 5 heteroatoms. The van der Waals surface area contributed by atoms with Gasteiger partial charge in [0.05, 0.1) is 0 Å². The minimum Gasteiger partial charge on any atom is -0.367 e. The van der Waals surface area contributed by atoms with Crippen LogP contribution in [0, 0.1) is 5.92 Å². The third kappa shape index (κ3) is 3.60. The predicted molar refractivity (Wildman–Crippen MR) is 83.6 cm³/mol. The molecule has 0 bridgehead atoms. The summed E-state index contributed by atoms with van der Waals surface area (Å²) < 4.78 is 0. The minimum absolute atomic E-state index is 0.0973. The molecule has 0 saturated heterocycles. The molecule has 1 heterocycles. The standard InChI is InChI=1S/C15H27N5/c1-10(11-7-5-6-8-11)17-12-9-13(20-16)19-14(18-12)15(2,3)4/h9-11H,5-8,16H2,1-4H3,(H2,17,18,19,20). The molecule has 1 aromatic heterocycles. The van der Waals surface area contributed by atoms with E-state index in [1.807, 2.05) is 6.07 Å². The summed E-state index contributed by atoms with van der Waals surface area (Å²) in [6.45, 7) is 8.55. The van der Waals surface area contributed by atoms with Crippen molar-refractivity contribution in [3.63, 3.8) is 0 Å². The Balaban J connectivity index is 2.17. The Morgan fingerprint density at radius 1 is 1.20 bits per heavy atom. The number of nitrogens with zero attached hydrogens (tertiary/aromatic N) is 2. The number of hydrogen-bond donors (Lipinski definition) is 3. The van der Waals surface area contributed by atoms with Crippen LogP contribution in [0.5, 0.6) is 0 Å². The summed E-state index contributed by atoms with van der Waals surface area (Å²) in [5.41, 5.74) is 2.53. The quantitative estimate of drug-likeness (QED) is 0.582. The molecule has 112 valence electrons. The molecule has 1 atom stereocenters. The fraction of sp³-hybridized carbons (Fsp3) is 0.733. The van der Waals surface area contributed by atoms with Crippen LogP contribution in [0.2, 0.25) is 0 Å². The lowest BCUT2D eigenvalue weighted by Crippen LogP contribution is -2.26. The van der Waals surface area contributed by atoms with Crippen LogP contribution < -0.4 is 16.6 Å². The van der Waals surface area contributed by atoms with Gasteiger partial charge >= 0.3 is 0 Å². The van der Waals surface area contributed by atoms with Gasteiger partial charge in [-0.1, -0.05) is 33.6 Å². The smallest absolute Gasteiger partial charge is 0.145 e. The van der Waals surface area contributed by atoms with Crippen molar-refractivity contribution < 1.29 is 0 Å². The lowest BCUT2D eigenvalue weighted by molar-refractivity contribution is 0.479. The second-order valence-corrected chi connectivity index (χ2v) is 6.83. The highest BCUT2D eigenvalue weighted by Crippen LogP contribution is 2.29. The summed E-state index contributed by atoms with van der Waals surface area (Å²) in [5.74, 6) is 8.58. The molecule has 1 saturated carbocycles. The number of nitrogen functional groups attached to an aromatic ring is 1. The van der Waals surface area contributed by atoms with Crippen molar-refractivity contribution in [1.82, 2.24) is 9.97 Å². The molecule has 1 fully saturated rings. The lowest BCUT2D eigenvalue weighted by Gasteiger charge is -2.23. The van der Waals surface area contributed by atoms with Crippen LogP contribution in [0.1, 0.15) is 59.2 Å². The number of hydrazine groups is 1. The molecule has 5 nitrogen and oxygen atoms in total. The first-order valence-corrected chi connectivity index (χ1v) is 7.53. The van der Waals surface area contributed by atoms with E-state index in [1.165, 1.54) is 25.7 Å². The maximum absolute atomic E-state index is 5.52. The molecule has 1 aromatic rings. The molecule has 0 aliphatic heterocycles. The van der Waals surface area contributed by atoms with E-state index in [-0.39, 0.29) is 5.41 Å². The van der Waals surface area contributed by atoms with Gasteiger partial charge in [-0.3, -0.25) is 0 Å². The Kier molecular flexibility index (Phi) is 4.48. The molecule has 20 heavy (non-hydrogen) atoms. The van der Waals surface area contributed by atoms with Crippen molar-refractivity contribution in [2.45, 2.75) is 64.8 Å². The van der Waals surface area contributed by atoms with Crippen molar-refractivity contribution >= 4 is 11.6 Å². The number of anilines is 2. The van der Waals surface area contributed by atoms with Crippen LogP contribution in [0.4, 0.5) is 11.6 Å². The highest BCUT2D eigenvalue weighted by molar-refractivity contribution is 5.48. The Bertz CT molecular complexity index is 446. The molecule has 0 spiro atoms. The van der Waals surface area contributed by atoms with Gasteiger partial charge in [-0.25, -0.2) is 15.8 Å². The molecule has 1 aliphatic rings. The topological polar surface area (TPSA) is 75.9 Å². The van der Waals surface area contributed by atoms with Crippen molar-refractivity contribution in [1.29, 1.82) is 0 Å². The third-order valence-corrected chi connectivity index (χ3v) is 4.03. The number of hydrogen-bond acceptors (Lipinski definition) is 5. The van der Waals surface area contributed by atoms with E-state index in [9.17, 15) is 0 Å². The van der Waals surface area contributed by atoms with E-state index in [1.54, 1.807) is 0 Å². The number of nitrogens with two attached hydrogens (primary N) is 1. The van der Waals surface area contributed by atoms with E-state index >= 15 is 0 Å². The van der Waals surface area contributed by atoms with Crippen LogP contribution in [0.3, 0.4) is 0 Å². The molecular weight excluding hydrogens is 250 g/mol. The Morgan fingerprint density at radius 2 is 1.80 bits per heavy atom. The number of aromatic nitrogens is 2. The molecule has 4 N–H and O–H groups in total. The normalized spacial score (nSPS) is 18.1. The van der Waals surface area contributed by atoms with Crippen molar-refractivity contribution in [3.8, 4) is 0 Å². The van der Waals surface area contributed by atoms with E-state index in [2.05, 4.69) is 48.4 Å². The molecule has 0 aromatic carbocycles. The summed E-state index contributed by atoms with van der Waals surface area (Å²) in [6.07, 6.45) is 5.33. The molecule has 2 rings (SSSR count). The van der Waals surface area contributed by atoms with Gasteiger partial charge in [-0.15, -0.1) is 0 Å². The van der Waals surface area contributed by atoms with Gasteiger partial charge in [0.2, 0.25) is 0 Å². The third-order valence-electron chi connectivity index (χ3n) is 4.03. The monoisotopic (exact) mass is 277 g/mol. The maximum Gasteiger partial charge on any atom is 0.145 e. The Morgan fingerprint density at radius 3 is 2.35 bits per heavy atom. The Hall–Kier alpha value is -1.36. The fourth-order valence-electron chi connectivity index (χ4n) is 2.74. The second-order valence-electron chi connectivity index (χ2n) is 6.83. The Labute approximate surface area is 121 Å². The zero-order valence-electron chi connectivity index (χ0n) is 13.0. The van der Waals surface area contributed by atoms with Crippen LogP contribution in [0.25, 0.3) is 0 Å². The second kappa shape index (κ2) is 5.95. The molecular formula is C15H27N5. The number of rotatable bonds is 4. The average Bonchev–Trinajstić information content (AvgIpc) is 2.91. The van der Waals surface area contributed by atoms with E-state index in [4.69, 9.17) is 5.84 Å². The van der Waals surface area contributed by atoms with Crippen LogP contribution in [-0.4, -0.2) is 16.0 Å². The predicted octanol–water partition coefficient (Wildman–Crippen LogP) is 3.05. The van der Waals surface area contributed by atoms with Gasteiger partial charge in [-0.05, 0) is 25.7 Å². The molecule has 0 radical (unpaired) electrons. The van der Waals surface area contributed by atoms with Crippen LogP contribution >= 0.6 is 0 Å². The molecule has 1 aliphatic carbocycles. The maximum atomic E-state index is 5.52. The van der Waals surface area contributed by atoms with Gasteiger partial charge in [-0.2, -0.15) is 0 Å². The van der Waals surface area contributed by atoms with E-state index in [0.29, 0.717) is 11.9 Å². The zero-order valence-corrected chi connectivity index (χ0v) is 13.0. The largest absolute Gasteiger partial charge is 0.367 e. The highest BCUT2D eigenvalue weighted by Gasteiger charge is 2.23. The van der Waals surface area contributed by atoms with E-state index < -0.39 is 0 Å². The summed E-state index contributed by atoms with van der Waals surface area (Å²) in [7, 11) is 0. The van der Waals surface area contributed by atoms with Crippen molar-refractivity contribution in [2.24, 2.45) is 11.8 Å². The lowest BCUT2D eigenvalue weighted by atomic mass is 9.95. The van der Waals surface area contributed by atoms with E-state index in [0.717, 1.165) is 17.6 Å². The van der Waals surface area contributed by atoms with Crippen molar-refractivity contribution in [2.75, 3.05) is 10.7 Å². The molecule has 1 unspecified atom stereocenters. The van der Waals surface area contributed by atoms with Gasteiger partial charge in [0, 0.05) is 17.5 Å². The first-order chi connectivity index (χ1) is 9.40. The minimum atomic E-state index is -0.0973. The summed E-state index contributed by atoms with van der Waals surface area (Å²) in [6, 6.07) is 2.31. The van der Waals surface area contributed by atoms with Crippen LogP contribution in [0.15, 0.2) is 6.07 Å². The fourth-order valence-corrected chi connectivity index (χ4v) is 2.74. The molecule has 0 amide bonds. The zero-order chi connectivity index (χ0) is 14.8.